The zero-order chi connectivity index (χ0) is 9.00. The van der Waals surface area contributed by atoms with Gasteiger partial charge in [-0.2, -0.15) is 0 Å². The van der Waals surface area contributed by atoms with Crippen molar-refractivity contribution in [3.63, 3.8) is 0 Å². The van der Waals surface area contributed by atoms with Crippen molar-refractivity contribution >= 4 is 11.6 Å². The van der Waals surface area contributed by atoms with Crippen molar-refractivity contribution in [3.8, 4) is 0 Å². The lowest BCUT2D eigenvalue weighted by Crippen LogP contribution is -2.31. The fourth-order valence-electron chi connectivity index (χ4n) is 2.29. The number of benzene rings is 1. The van der Waals surface area contributed by atoms with Crippen LogP contribution in [0, 0.1) is 5.92 Å². The largest absolute Gasteiger partial charge is 0.315 e. The third-order valence-electron chi connectivity index (χ3n) is 3.14. The number of nitrogens with zero attached hydrogens (tertiary/aromatic N) is 1. The minimum absolute atomic E-state index is 0.292. The van der Waals surface area contributed by atoms with Crippen LogP contribution in [0.25, 0.3) is 0 Å². The quantitative estimate of drug-likeness (QED) is 0.585. The van der Waals surface area contributed by atoms with Gasteiger partial charge in [-0.3, -0.25) is 4.79 Å². The average molecular weight is 173 g/mol. The van der Waals surface area contributed by atoms with E-state index in [1.165, 1.54) is 5.56 Å². The summed E-state index contributed by atoms with van der Waals surface area (Å²) in [5.41, 5.74) is 2.46. The Morgan fingerprint density at radius 3 is 2.92 bits per heavy atom. The van der Waals surface area contributed by atoms with E-state index in [-0.39, 0.29) is 0 Å². The molecule has 2 atom stereocenters. The molecule has 1 heterocycles. The third-order valence-corrected chi connectivity index (χ3v) is 3.14. The maximum Gasteiger partial charge on any atom is 0.230 e. The van der Waals surface area contributed by atoms with E-state index < -0.39 is 0 Å². The van der Waals surface area contributed by atoms with E-state index in [4.69, 9.17) is 0 Å². The Kier molecular flexibility index (Phi) is 1.17. The molecule has 0 N–H and O–H groups in total. The molecule has 1 amide bonds. The summed E-state index contributed by atoms with van der Waals surface area (Å²) in [5.74, 6) is 1.11. The van der Waals surface area contributed by atoms with Crippen molar-refractivity contribution in [2.24, 2.45) is 5.92 Å². The van der Waals surface area contributed by atoms with Crippen molar-refractivity contribution in [1.82, 2.24) is 0 Å². The summed E-state index contributed by atoms with van der Waals surface area (Å²) < 4.78 is 0. The van der Waals surface area contributed by atoms with E-state index in [0.29, 0.717) is 17.7 Å². The standard InChI is InChI=1S/C11H11NO/c1-12-10-5-3-2-4-7(10)8-6-9(8)11(12)13/h2-5,8-9H,6H2,1H3. The highest BCUT2D eigenvalue weighted by molar-refractivity contribution is 6.00. The Morgan fingerprint density at radius 2 is 2.08 bits per heavy atom. The normalized spacial score (nSPS) is 29.6. The van der Waals surface area contributed by atoms with E-state index in [2.05, 4.69) is 12.1 Å². The first-order chi connectivity index (χ1) is 6.29. The molecule has 2 unspecified atom stereocenters. The molecule has 2 nitrogen and oxygen atoms in total. The van der Waals surface area contributed by atoms with Gasteiger partial charge < -0.3 is 4.90 Å². The van der Waals surface area contributed by atoms with Crippen LogP contribution in [0.15, 0.2) is 24.3 Å². The molecular formula is C11H11NO. The van der Waals surface area contributed by atoms with Gasteiger partial charge in [0.2, 0.25) is 5.91 Å². The zero-order valence-electron chi connectivity index (χ0n) is 7.53. The fraction of sp³-hybridized carbons (Fsp3) is 0.364. The third kappa shape index (κ3) is 0.804. The molecule has 1 aromatic rings. The van der Waals surface area contributed by atoms with E-state index in [0.717, 1.165) is 12.1 Å². The molecule has 2 heteroatoms. The summed E-state index contributed by atoms with van der Waals surface area (Å²) in [4.78, 5) is 13.5. The Hall–Kier alpha value is -1.31. The van der Waals surface area contributed by atoms with Gasteiger partial charge in [-0.15, -0.1) is 0 Å². The van der Waals surface area contributed by atoms with Crippen LogP contribution in [-0.2, 0) is 4.79 Å². The summed E-state index contributed by atoms with van der Waals surface area (Å²) in [6.07, 6.45) is 1.06. The molecule has 1 aliphatic heterocycles. The van der Waals surface area contributed by atoms with Crippen molar-refractivity contribution in [1.29, 1.82) is 0 Å². The molecule has 0 radical (unpaired) electrons. The Balaban J connectivity index is 2.19. The zero-order valence-corrected chi connectivity index (χ0v) is 7.53. The summed E-state index contributed by atoms with van der Waals surface area (Å²) >= 11 is 0. The van der Waals surface area contributed by atoms with Crippen molar-refractivity contribution < 1.29 is 4.79 Å². The van der Waals surface area contributed by atoms with Gasteiger partial charge in [-0.1, -0.05) is 18.2 Å². The van der Waals surface area contributed by atoms with Crippen LogP contribution in [0.4, 0.5) is 5.69 Å². The number of carbonyl (C=O) groups is 1. The minimum atomic E-state index is 0.292. The molecular weight excluding hydrogens is 162 g/mol. The second-order valence-electron chi connectivity index (χ2n) is 3.90. The van der Waals surface area contributed by atoms with Crippen molar-refractivity contribution in [2.75, 3.05) is 11.9 Å². The first-order valence-corrected chi connectivity index (χ1v) is 4.65. The summed E-state index contributed by atoms with van der Waals surface area (Å²) in [7, 11) is 1.87. The highest BCUT2D eigenvalue weighted by Crippen LogP contribution is 2.54. The molecule has 66 valence electrons. The van der Waals surface area contributed by atoms with Crippen LogP contribution in [0.5, 0.6) is 0 Å². The second-order valence-corrected chi connectivity index (χ2v) is 3.90. The molecule has 3 rings (SSSR count). The van der Waals surface area contributed by atoms with Gasteiger partial charge >= 0.3 is 0 Å². The monoisotopic (exact) mass is 173 g/mol. The molecule has 0 bridgehead atoms. The predicted octanol–water partition coefficient (Wildman–Crippen LogP) is 1.77. The van der Waals surface area contributed by atoms with Gasteiger partial charge in [-0.05, 0) is 24.0 Å². The lowest BCUT2D eigenvalue weighted by molar-refractivity contribution is -0.119. The summed E-state index contributed by atoms with van der Waals surface area (Å²) in [6, 6.07) is 8.22. The summed E-state index contributed by atoms with van der Waals surface area (Å²) in [5, 5.41) is 0. The second kappa shape index (κ2) is 2.13. The van der Waals surface area contributed by atoms with Gasteiger partial charge in [0.25, 0.3) is 0 Å². The van der Waals surface area contributed by atoms with Crippen LogP contribution in [-0.4, -0.2) is 13.0 Å². The fourth-order valence-corrected chi connectivity index (χ4v) is 2.29. The molecule has 1 aliphatic carbocycles. The predicted molar refractivity (Wildman–Crippen MR) is 50.7 cm³/mol. The Bertz CT molecular complexity index is 385. The van der Waals surface area contributed by atoms with Crippen LogP contribution < -0.4 is 4.90 Å². The molecule has 1 aromatic carbocycles. The summed E-state index contributed by atoms with van der Waals surface area (Å²) in [6.45, 7) is 0. The topological polar surface area (TPSA) is 20.3 Å². The van der Waals surface area contributed by atoms with Crippen LogP contribution in [0.2, 0.25) is 0 Å². The molecule has 0 aromatic heterocycles. The van der Waals surface area contributed by atoms with Gasteiger partial charge in [0.15, 0.2) is 0 Å². The number of amides is 1. The van der Waals surface area contributed by atoms with Gasteiger partial charge in [-0.25, -0.2) is 0 Å². The van der Waals surface area contributed by atoms with E-state index in [1.807, 2.05) is 19.2 Å². The number of para-hydroxylation sites is 1. The minimum Gasteiger partial charge on any atom is -0.315 e. The number of anilines is 1. The number of hydrogen-bond donors (Lipinski definition) is 0. The molecule has 13 heavy (non-hydrogen) atoms. The number of carbonyl (C=O) groups excluding carboxylic acids is 1. The lowest BCUT2D eigenvalue weighted by atomic mass is 10.0. The highest BCUT2D eigenvalue weighted by atomic mass is 16.2. The van der Waals surface area contributed by atoms with Gasteiger partial charge in [0.05, 0.1) is 0 Å². The van der Waals surface area contributed by atoms with E-state index >= 15 is 0 Å². The molecule has 1 fully saturated rings. The number of rotatable bonds is 0. The average Bonchev–Trinajstić information content (AvgIpc) is 2.94. The first-order valence-electron chi connectivity index (χ1n) is 4.65. The molecule has 1 saturated carbocycles. The smallest absolute Gasteiger partial charge is 0.230 e. The Morgan fingerprint density at radius 1 is 1.31 bits per heavy atom. The molecule has 0 saturated heterocycles. The van der Waals surface area contributed by atoms with Crippen molar-refractivity contribution in [3.05, 3.63) is 29.8 Å². The van der Waals surface area contributed by atoms with Crippen LogP contribution >= 0.6 is 0 Å². The first kappa shape index (κ1) is 7.13. The highest BCUT2D eigenvalue weighted by Gasteiger charge is 2.50. The Labute approximate surface area is 77.2 Å². The van der Waals surface area contributed by atoms with E-state index in [1.54, 1.807) is 4.90 Å². The lowest BCUT2D eigenvalue weighted by Gasteiger charge is -2.24. The van der Waals surface area contributed by atoms with Crippen molar-refractivity contribution in [2.45, 2.75) is 12.3 Å². The van der Waals surface area contributed by atoms with Gasteiger partial charge in [0.1, 0.15) is 0 Å². The number of fused-ring (bicyclic) bond motifs is 3. The maximum absolute atomic E-state index is 11.7. The molecule has 0 spiro atoms. The van der Waals surface area contributed by atoms with Gasteiger partial charge in [0, 0.05) is 18.7 Å². The SMILES string of the molecule is CN1C(=O)C2CC2c2ccccc21. The van der Waals surface area contributed by atoms with E-state index in [9.17, 15) is 4.79 Å². The van der Waals surface area contributed by atoms with Crippen LogP contribution in [0.1, 0.15) is 17.9 Å². The number of hydrogen-bond acceptors (Lipinski definition) is 1. The molecule has 2 aliphatic rings. The van der Waals surface area contributed by atoms with Crippen LogP contribution in [0.3, 0.4) is 0 Å². The maximum atomic E-state index is 11.7.